The van der Waals surface area contributed by atoms with Crippen molar-refractivity contribution in [3.63, 3.8) is 0 Å². The summed E-state index contributed by atoms with van der Waals surface area (Å²) in [4.78, 5) is 13.9. The summed E-state index contributed by atoms with van der Waals surface area (Å²) >= 11 is 17.9. The molecule has 1 amide bonds. The molecule has 3 nitrogen and oxygen atoms in total. The number of hydrogen-bond donors (Lipinski definition) is 1. The van der Waals surface area contributed by atoms with E-state index < -0.39 is 0 Å². The second kappa shape index (κ2) is 6.56. The summed E-state index contributed by atoms with van der Waals surface area (Å²) in [6.45, 7) is 0.340. The van der Waals surface area contributed by atoms with E-state index in [4.69, 9.17) is 40.5 Å². The third kappa shape index (κ3) is 4.03. The number of carbonyl (C=O) groups is 1. The predicted molar refractivity (Wildman–Crippen MR) is 88.1 cm³/mol. The summed E-state index contributed by atoms with van der Waals surface area (Å²) in [5.41, 5.74) is 7.54. The first-order chi connectivity index (χ1) is 9.86. The molecule has 0 aromatic heterocycles. The zero-order valence-electron chi connectivity index (χ0n) is 11.2. The van der Waals surface area contributed by atoms with Gasteiger partial charge in [0.25, 0.3) is 5.91 Å². The number of nitrogens with two attached hydrogens (primary N) is 1. The first-order valence-electron chi connectivity index (χ1n) is 6.12. The molecule has 21 heavy (non-hydrogen) atoms. The maximum Gasteiger partial charge on any atom is 0.254 e. The van der Waals surface area contributed by atoms with Crippen molar-refractivity contribution in [1.82, 2.24) is 4.90 Å². The lowest BCUT2D eigenvalue weighted by Crippen LogP contribution is -2.26. The summed E-state index contributed by atoms with van der Waals surface area (Å²) in [7, 11) is 1.68. The van der Waals surface area contributed by atoms with Crippen LogP contribution in [0.25, 0.3) is 0 Å². The highest BCUT2D eigenvalue weighted by Gasteiger charge is 2.15. The molecule has 0 radical (unpaired) electrons. The highest BCUT2D eigenvalue weighted by atomic mass is 35.5. The van der Waals surface area contributed by atoms with E-state index in [0.717, 1.165) is 5.56 Å². The Bertz CT molecular complexity index is 668. The van der Waals surface area contributed by atoms with E-state index in [9.17, 15) is 4.79 Å². The summed E-state index contributed by atoms with van der Waals surface area (Å²) in [5.74, 6) is -0.196. The number of anilines is 1. The molecule has 0 atom stereocenters. The van der Waals surface area contributed by atoms with E-state index in [1.54, 1.807) is 43.4 Å². The van der Waals surface area contributed by atoms with Crippen LogP contribution in [0.5, 0.6) is 0 Å². The molecule has 2 rings (SSSR count). The molecule has 0 aliphatic carbocycles. The number of nitrogens with zero attached hydrogens (tertiary/aromatic N) is 1. The van der Waals surface area contributed by atoms with Crippen molar-refractivity contribution in [2.75, 3.05) is 12.8 Å². The summed E-state index contributed by atoms with van der Waals surface area (Å²) in [5, 5.41) is 1.40. The van der Waals surface area contributed by atoms with Crippen molar-refractivity contribution in [3.05, 3.63) is 62.6 Å². The van der Waals surface area contributed by atoms with Crippen molar-refractivity contribution in [2.45, 2.75) is 6.54 Å². The van der Waals surface area contributed by atoms with Gasteiger partial charge < -0.3 is 10.6 Å². The Morgan fingerprint density at radius 1 is 1.10 bits per heavy atom. The number of benzene rings is 2. The van der Waals surface area contributed by atoms with Crippen LogP contribution in [0.15, 0.2) is 36.4 Å². The monoisotopic (exact) mass is 342 g/mol. The van der Waals surface area contributed by atoms with E-state index in [1.807, 2.05) is 0 Å². The standard InChI is InChI=1S/C15H13Cl3N2O/c1-20(8-10-6-13(19)2-3-14(10)18)15(21)9-4-11(16)7-12(17)5-9/h2-7H,8,19H2,1H3. The summed E-state index contributed by atoms with van der Waals surface area (Å²) in [6, 6.07) is 9.90. The molecular formula is C15H13Cl3N2O. The van der Waals surface area contributed by atoms with Crippen molar-refractivity contribution < 1.29 is 4.79 Å². The molecule has 0 saturated carbocycles. The van der Waals surface area contributed by atoms with E-state index in [-0.39, 0.29) is 5.91 Å². The second-order valence-electron chi connectivity index (χ2n) is 4.67. The molecule has 0 aliphatic rings. The smallest absolute Gasteiger partial charge is 0.254 e. The van der Waals surface area contributed by atoms with Crippen molar-refractivity contribution >= 4 is 46.4 Å². The molecule has 2 aromatic carbocycles. The molecule has 0 saturated heterocycles. The number of rotatable bonds is 3. The first kappa shape index (κ1) is 16.0. The van der Waals surface area contributed by atoms with Gasteiger partial charge in [-0.25, -0.2) is 0 Å². The van der Waals surface area contributed by atoms with Gasteiger partial charge in [-0.1, -0.05) is 34.8 Å². The number of amides is 1. The molecule has 6 heteroatoms. The van der Waals surface area contributed by atoms with Crippen LogP contribution < -0.4 is 5.73 Å². The molecule has 110 valence electrons. The van der Waals surface area contributed by atoms with Crippen LogP contribution in [0.1, 0.15) is 15.9 Å². The molecule has 0 fully saturated rings. The second-order valence-corrected chi connectivity index (χ2v) is 5.95. The minimum atomic E-state index is -0.196. The summed E-state index contributed by atoms with van der Waals surface area (Å²) < 4.78 is 0. The third-order valence-electron chi connectivity index (χ3n) is 2.93. The van der Waals surface area contributed by atoms with Crippen LogP contribution in [0.4, 0.5) is 5.69 Å². The Morgan fingerprint density at radius 2 is 1.71 bits per heavy atom. The van der Waals surface area contributed by atoms with E-state index >= 15 is 0 Å². The summed E-state index contributed by atoms with van der Waals surface area (Å²) in [6.07, 6.45) is 0. The predicted octanol–water partition coefficient (Wildman–Crippen LogP) is 4.50. The van der Waals surface area contributed by atoms with Gasteiger partial charge in [-0.2, -0.15) is 0 Å². The van der Waals surface area contributed by atoms with Gasteiger partial charge in [0.1, 0.15) is 0 Å². The lowest BCUT2D eigenvalue weighted by molar-refractivity contribution is 0.0785. The van der Waals surface area contributed by atoms with Crippen molar-refractivity contribution in [1.29, 1.82) is 0 Å². The maximum atomic E-state index is 12.4. The molecule has 2 aromatic rings. The Balaban J connectivity index is 2.21. The lowest BCUT2D eigenvalue weighted by Gasteiger charge is -2.18. The van der Waals surface area contributed by atoms with Crippen LogP contribution in [-0.2, 0) is 6.54 Å². The fraction of sp³-hybridized carbons (Fsp3) is 0.133. The minimum Gasteiger partial charge on any atom is -0.399 e. The van der Waals surface area contributed by atoms with Crippen LogP contribution in [0.3, 0.4) is 0 Å². The van der Waals surface area contributed by atoms with Crippen LogP contribution in [-0.4, -0.2) is 17.9 Å². The normalized spacial score (nSPS) is 10.5. The minimum absolute atomic E-state index is 0.196. The molecule has 0 spiro atoms. The van der Waals surface area contributed by atoms with Gasteiger partial charge in [0.15, 0.2) is 0 Å². The van der Waals surface area contributed by atoms with Crippen LogP contribution in [0, 0.1) is 0 Å². The number of nitrogen functional groups attached to an aromatic ring is 1. The van der Waals surface area contributed by atoms with Gasteiger partial charge in [0.05, 0.1) is 0 Å². The molecule has 2 N–H and O–H groups in total. The lowest BCUT2D eigenvalue weighted by atomic mass is 10.1. The average Bonchev–Trinajstić information content (AvgIpc) is 2.41. The Hall–Kier alpha value is -1.42. The Labute approximate surface area is 138 Å². The van der Waals surface area contributed by atoms with E-state index in [2.05, 4.69) is 0 Å². The topological polar surface area (TPSA) is 46.3 Å². The van der Waals surface area contributed by atoms with E-state index in [0.29, 0.717) is 32.9 Å². The zero-order chi connectivity index (χ0) is 15.6. The Morgan fingerprint density at radius 3 is 2.33 bits per heavy atom. The van der Waals surface area contributed by atoms with Gasteiger partial charge in [0, 0.05) is 39.9 Å². The van der Waals surface area contributed by atoms with E-state index in [1.165, 1.54) is 4.90 Å². The Kier molecular flexibility index (Phi) is 4.99. The molecule has 0 aliphatic heterocycles. The third-order valence-corrected chi connectivity index (χ3v) is 3.74. The highest BCUT2D eigenvalue weighted by molar-refractivity contribution is 6.35. The van der Waals surface area contributed by atoms with Crippen molar-refractivity contribution in [2.24, 2.45) is 0 Å². The number of halogens is 3. The highest BCUT2D eigenvalue weighted by Crippen LogP contribution is 2.23. The molecular weight excluding hydrogens is 331 g/mol. The maximum absolute atomic E-state index is 12.4. The zero-order valence-corrected chi connectivity index (χ0v) is 13.5. The molecule has 0 unspecified atom stereocenters. The number of hydrogen-bond acceptors (Lipinski definition) is 2. The fourth-order valence-electron chi connectivity index (χ4n) is 1.94. The average molecular weight is 344 g/mol. The fourth-order valence-corrected chi connectivity index (χ4v) is 2.64. The van der Waals surface area contributed by atoms with Gasteiger partial charge >= 0.3 is 0 Å². The van der Waals surface area contributed by atoms with Gasteiger partial charge in [-0.05, 0) is 42.0 Å². The van der Waals surface area contributed by atoms with Crippen LogP contribution in [0.2, 0.25) is 15.1 Å². The SMILES string of the molecule is CN(Cc1cc(N)ccc1Cl)C(=O)c1cc(Cl)cc(Cl)c1. The molecule has 0 bridgehead atoms. The van der Waals surface area contributed by atoms with Crippen LogP contribution >= 0.6 is 34.8 Å². The van der Waals surface area contributed by atoms with Gasteiger partial charge in [-0.15, -0.1) is 0 Å². The molecule has 0 heterocycles. The quantitative estimate of drug-likeness (QED) is 0.834. The number of carbonyl (C=O) groups excluding carboxylic acids is 1. The van der Waals surface area contributed by atoms with Gasteiger partial charge in [-0.3, -0.25) is 4.79 Å². The van der Waals surface area contributed by atoms with Gasteiger partial charge in [0.2, 0.25) is 0 Å². The first-order valence-corrected chi connectivity index (χ1v) is 7.25. The largest absolute Gasteiger partial charge is 0.399 e. The van der Waals surface area contributed by atoms with Crippen molar-refractivity contribution in [3.8, 4) is 0 Å².